The summed E-state index contributed by atoms with van der Waals surface area (Å²) in [6.07, 6.45) is 0.208. The summed E-state index contributed by atoms with van der Waals surface area (Å²) in [5, 5.41) is 8.51. The van der Waals surface area contributed by atoms with E-state index in [2.05, 4.69) is 16.0 Å². The van der Waals surface area contributed by atoms with Gasteiger partial charge < -0.3 is 30.5 Å². The molecule has 3 N–H and O–H groups in total. The van der Waals surface area contributed by atoms with Crippen LogP contribution in [0.1, 0.15) is 39.7 Å². The van der Waals surface area contributed by atoms with E-state index in [1.54, 1.807) is 43.0 Å². The smallest absolute Gasteiger partial charge is 0.317 e. The van der Waals surface area contributed by atoms with Crippen LogP contribution < -0.4 is 16.0 Å². The van der Waals surface area contributed by atoms with Gasteiger partial charge in [-0.1, -0.05) is 32.9 Å². The lowest BCUT2D eigenvalue weighted by molar-refractivity contribution is -0.142. The molecule has 0 aromatic heterocycles. The van der Waals surface area contributed by atoms with E-state index in [1.807, 2.05) is 20.8 Å². The molecule has 35 heavy (non-hydrogen) atoms. The Morgan fingerprint density at radius 1 is 1.14 bits per heavy atom. The molecule has 3 rings (SSSR count). The Morgan fingerprint density at radius 3 is 2.37 bits per heavy atom. The molecule has 9 nitrogen and oxygen atoms in total. The summed E-state index contributed by atoms with van der Waals surface area (Å²) in [5.41, 5.74) is 0.278. The fourth-order valence-corrected chi connectivity index (χ4v) is 4.81. The summed E-state index contributed by atoms with van der Waals surface area (Å²) in [5.74, 6) is -0.759. The number of nitrogens with zero attached hydrogens (tertiary/aromatic N) is 2. The summed E-state index contributed by atoms with van der Waals surface area (Å²) in [4.78, 5) is 42.6. The van der Waals surface area contributed by atoms with Gasteiger partial charge in [0, 0.05) is 13.6 Å². The van der Waals surface area contributed by atoms with Crippen molar-refractivity contribution in [2.24, 2.45) is 5.41 Å². The van der Waals surface area contributed by atoms with E-state index in [9.17, 15) is 18.8 Å². The number of rotatable bonds is 7. The first-order valence-electron chi connectivity index (χ1n) is 12.1. The van der Waals surface area contributed by atoms with Crippen molar-refractivity contribution in [2.45, 2.75) is 71.0 Å². The lowest BCUT2D eigenvalue weighted by atomic mass is 9.85. The quantitative estimate of drug-likeness (QED) is 0.536. The summed E-state index contributed by atoms with van der Waals surface area (Å²) >= 11 is 0. The average Bonchev–Trinajstić information content (AvgIpc) is 3.40. The number of amides is 4. The number of likely N-dealkylation sites (tertiary alicyclic amines) is 2. The standard InChI is InChI=1S/C25H38FN5O4/c1-15(27-5)22(32)29-21(25(2,3)4)23(33)30-12-11-18-20(30)19(13-31(18)24(34)28-6)35-14-16-7-9-17(26)10-8-16/h7-10,15,18-21,27H,11-14H2,1-6H3,(H,28,34)(H,29,32)/t15-,18?,19-,20-,21+/m0/s1. The first-order chi connectivity index (χ1) is 16.5. The number of likely N-dealkylation sites (N-methyl/N-ethyl adjacent to an activating group) is 1. The topological polar surface area (TPSA) is 103 Å². The number of carbonyl (C=O) groups is 3. The fraction of sp³-hybridized carbons (Fsp3) is 0.640. The summed E-state index contributed by atoms with van der Waals surface area (Å²) in [6.45, 7) is 8.52. The van der Waals surface area contributed by atoms with Gasteiger partial charge in [-0.25, -0.2) is 9.18 Å². The normalized spacial score (nSPS) is 23.6. The van der Waals surface area contributed by atoms with Crippen molar-refractivity contribution in [3.8, 4) is 0 Å². The van der Waals surface area contributed by atoms with Gasteiger partial charge in [-0.05, 0) is 43.5 Å². The third-order valence-electron chi connectivity index (χ3n) is 6.94. The highest BCUT2D eigenvalue weighted by Crippen LogP contribution is 2.36. The van der Waals surface area contributed by atoms with Crippen LogP contribution in [-0.2, 0) is 20.9 Å². The Bertz CT molecular complexity index is 919. The first kappa shape index (κ1) is 26.9. The molecular weight excluding hydrogens is 453 g/mol. The Balaban J connectivity index is 1.83. The van der Waals surface area contributed by atoms with Gasteiger partial charge in [0.05, 0.1) is 37.4 Å². The van der Waals surface area contributed by atoms with Crippen LogP contribution in [0.15, 0.2) is 24.3 Å². The molecule has 2 saturated heterocycles. The molecule has 0 radical (unpaired) electrons. The van der Waals surface area contributed by atoms with Crippen LogP contribution in [0.3, 0.4) is 0 Å². The van der Waals surface area contributed by atoms with E-state index in [0.29, 0.717) is 19.5 Å². The molecule has 1 unspecified atom stereocenters. The maximum atomic E-state index is 13.9. The van der Waals surface area contributed by atoms with Crippen molar-refractivity contribution in [1.82, 2.24) is 25.8 Å². The predicted molar refractivity (Wildman–Crippen MR) is 130 cm³/mol. The second-order valence-corrected chi connectivity index (χ2v) is 10.4. The maximum Gasteiger partial charge on any atom is 0.317 e. The van der Waals surface area contributed by atoms with E-state index in [-0.39, 0.29) is 42.4 Å². The molecule has 2 aliphatic rings. The van der Waals surface area contributed by atoms with Crippen LogP contribution >= 0.6 is 0 Å². The third-order valence-corrected chi connectivity index (χ3v) is 6.94. The van der Waals surface area contributed by atoms with Crippen LogP contribution in [0, 0.1) is 11.2 Å². The largest absolute Gasteiger partial charge is 0.369 e. The highest BCUT2D eigenvalue weighted by molar-refractivity contribution is 5.90. The van der Waals surface area contributed by atoms with Crippen LogP contribution in [0.25, 0.3) is 0 Å². The Morgan fingerprint density at radius 2 is 1.80 bits per heavy atom. The molecule has 0 bridgehead atoms. The molecule has 0 aliphatic carbocycles. The van der Waals surface area contributed by atoms with Crippen molar-refractivity contribution >= 4 is 17.8 Å². The lowest BCUT2D eigenvalue weighted by Crippen LogP contribution is -2.59. The van der Waals surface area contributed by atoms with Gasteiger partial charge in [0.1, 0.15) is 11.9 Å². The van der Waals surface area contributed by atoms with Gasteiger partial charge >= 0.3 is 6.03 Å². The van der Waals surface area contributed by atoms with Gasteiger partial charge in [0.15, 0.2) is 0 Å². The number of carbonyl (C=O) groups excluding carboxylic acids is 3. The maximum absolute atomic E-state index is 13.9. The second-order valence-electron chi connectivity index (χ2n) is 10.4. The zero-order chi connectivity index (χ0) is 25.9. The number of urea groups is 1. The Hall–Kier alpha value is -2.72. The van der Waals surface area contributed by atoms with Gasteiger partial charge in [-0.3, -0.25) is 9.59 Å². The number of hydrogen-bond donors (Lipinski definition) is 3. The number of fused-ring (bicyclic) bond motifs is 1. The van der Waals surface area contributed by atoms with Crippen molar-refractivity contribution in [3.05, 3.63) is 35.6 Å². The number of halogens is 1. The zero-order valence-corrected chi connectivity index (χ0v) is 21.4. The minimum Gasteiger partial charge on any atom is -0.369 e. The first-order valence-corrected chi connectivity index (χ1v) is 12.1. The van der Waals surface area contributed by atoms with Crippen molar-refractivity contribution < 1.29 is 23.5 Å². The lowest BCUT2D eigenvalue weighted by Gasteiger charge is -2.37. The monoisotopic (exact) mass is 491 g/mol. The van der Waals surface area contributed by atoms with Gasteiger partial charge in [0.2, 0.25) is 11.8 Å². The van der Waals surface area contributed by atoms with E-state index >= 15 is 0 Å². The molecule has 2 aliphatic heterocycles. The SMILES string of the molecule is CNC(=O)N1C[C@H](OCc2ccc(F)cc2)[C@@H]2C1CCN2C(=O)[C@@H](NC(=O)[C@H](C)NC)C(C)(C)C. The average molecular weight is 492 g/mol. The molecule has 2 heterocycles. The molecule has 4 amide bonds. The van der Waals surface area contributed by atoms with E-state index in [1.165, 1.54) is 12.1 Å². The van der Waals surface area contributed by atoms with Crippen molar-refractivity contribution in [2.75, 3.05) is 27.2 Å². The zero-order valence-electron chi connectivity index (χ0n) is 21.4. The molecule has 194 valence electrons. The number of nitrogens with one attached hydrogen (secondary N) is 3. The van der Waals surface area contributed by atoms with Crippen LogP contribution in [0.4, 0.5) is 9.18 Å². The highest BCUT2D eigenvalue weighted by atomic mass is 19.1. The van der Waals surface area contributed by atoms with E-state index in [4.69, 9.17) is 4.74 Å². The molecule has 0 spiro atoms. The molecular formula is C25H38FN5O4. The van der Waals surface area contributed by atoms with Crippen LogP contribution in [0.2, 0.25) is 0 Å². The van der Waals surface area contributed by atoms with Crippen LogP contribution in [-0.4, -0.2) is 85.1 Å². The van der Waals surface area contributed by atoms with Crippen molar-refractivity contribution in [3.63, 3.8) is 0 Å². The summed E-state index contributed by atoms with van der Waals surface area (Å²) in [6, 6.07) is 4.13. The summed E-state index contributed by atoms with van der Waals surface area (Å²) in [7, 11) is 3.27. The fourth-order valence-electron chi connectivity index (χ4n) is 4.81. The number of hydrogen-bond acceptors (Lipinski definition) is 5. The molecule has 1 aromatic rings. The molecule has 5 atom stereocenters. The minimum absolute atomic E-state index is 0.184. The Labute approximate surface area is 206 Å². The number of benzene rings is 1. The van der Waals surface area contributed by atoms with Gasteiger partial charge in [-0.15, -0.1) is 0 Å². The molecule has 2 fully saturated rings. The second kappa shape index (κ2) is 10.9. The Kier molecular flexibility index (Phi) is 8.38. The van der Waals surface area contributed by atoms with Gasteiger partial charge in [-0.2, -0.15) is 0 Å². The minimum atomic E-state index is -0.739. The number of ether oxygens (including phenoxy) is 1. The van der Waals surface area contributed by atoms with Gasteiger partial charge in [0.25, 0.3) is 0 Å². The predicted octanol–water partition coefficient (Wildman–Crippen LogP) is 1.47. The van der Waals surface area contributed by atoms with Crippen molar-refractivity contribution in [1.29, 1.82) is 0 Å². The molecule has 10 heteroatoms. The van der Waals surface area contributed by atoms with Crippen LogP contribution in [0.5, 0.6) is 0 Å². The summed E-state index contributed by atoms with van der Waals surface area (Å²) < 4.78 is 19.5. The molecule has 0 saturated carbocycles. The van der Waals surface area contributed by atoms with E-state index < -0.39 is 23.6 Å². The van der Waals surface area contributed by atoms with E-state index in [0.717, 1.165) is 5.56 Å². The molecule has 1 aromatic carbocycles. The highest BCUT2D eigenvalue weighted by Gasteiger charge is 2.54. The third kappa shape index (κ3) is 5.92.